The lowest BCUT2D eigenvalue weighted by Gasteiger charge is -2.26. The highest BCUT2D eigenvalue weighted by molar-refractivity contribution is 7.94. The number of esters is 2. The zero-order valence-electron chi connectivity index (χ0n) is 22.6. The largest absolute Gasteiger partial charge is 0.491 e. The van der Waals surface area contributed by atoms with Gasteiger partial charge in [-0.15, -0.1) is 11.3 Å². The summed E-state index contributed by atoms with van der Waals surface area (Å²) in [6.45, 7) is 3.22. The van der Waals surface area contributed by atoms with Crippen molar-refractivity contribution in [1.82, 2.24) is 4.90 Å². The van der Waals surface area contributed by atoms with E-state index in [4.69, 9.17) is 30.5 Å². The van der Waals surface area contributed by atoms with E-state index in [0.717, 1.165) is 42.6 Å². The van der Waals surface area contributed by atoms with Crippen LogP contribution in [0.15, 0.2) is 46.7 Å². The molecule has 236 valence electrons. The predicted octanol–water partition coefficient (Wildman–Crippen LogP) is 4.94. The van der Waals surface area contributed by atoms with Gasteiger partial charge in [-0.05, 0) is 42.3 Å². The van der Waals surface area contributed by atoms with E-state index in [9.17, 15) is 31.2 Å². The number of fused-ring (bicyclic) bond motifs is 1. The Morgan fingerprint density at radius 2 is 1.80 bits per heavy atom. The number of thiophene rings is 1. The van der Waals surface area contributed by atoms with Crippen molar-refractivity contribution < 1.29 is 54.9 Å². The second-order valence-electron chi connectivity index (χ2n) is 9.47. The summed E-state index contributed by atoms with van der Waals surface area (Å²) in [6.07, 6.45) is -4.94. The molecule has 0 radical (unpaired) electrons. The number of sulfonamides is 1. The van der Waals surface area contributed by atoms with Crippen molar-refractivity contribution in [2.75, 3.05) is 51.0 Å². The van der Waals surface area contributed by atoms with Crippen LogP contribution in [-0.4, -0.2) is 77.7 Å². The third-order valence-electron chi connectivity index (χ3n) is 6.46. The topological polar surface area (TPSA) is 130 Å². The number of carbonyl (C=O) groups excluding carboxylic acids is 2. The summed E-state index contributed by atoms with van der Waals surface area (Å²) >= 11 is 7.09. The molecular formula is C27H24ClF3N2O9S2. The number of alkyl halides is 3. The third kappa shape index (κ3) is 7.55. The maximum atomic E-state index is 13.2. The first kappa shape index (κ1) is 31.8. The summed E-state index contributed by atoms with van der Waals surface area (Å²) in [7, 11) is -4.33. The molecule has 11 nitrogen and oxygen atoms in total. The van der Waals surface area contributed by atoms with E-state index in [0.29, 0.717) is 48.8 Å². The lowest BCUT2D eigenvalue weighted by molar-refractivity contribution is -0.189. The molecule has 0 spiro atoms. The molecule has 5 rings (SSSR count). The van der Waals surface area contributed by atoms with E-state index in [1.165, 1.54) is 6.07 Å². The summed E-state index contributed by atoms with van der Waals surface area (Å²) in [5.74, 6) is -3.50. The van der Waals surface area contributed by atoms with Crippen LogP contribution in [0, 0.1) is 0 Å². The van der Waals surface area contributed by atoms with Gasteiger partial charge in [0.05, 0.1) is 25.5 Å². The first-order valence-electron chi connectivity index (χ1n) is 13.0. The van der Waals surface area contributed by atoms with Crippen molar-refractivity contribution in [2.24, 2.45) is 0 Å². The quantitative estimate of drug-likeness (QED) is 0.179. The maximum Gasteiger partial charge on any atom is 0.491 e. The highest BCUT2D eigenvalue weighted by Crippen LogP contribution is 2.42. The Hall–Kier alpha value is -3.57. The van der Waals surface area contributed by atoms with Crippen LogP contribution in [0.2, 0.25) is 4.34 Å². The smallest absolute Gasteiger partial charge is 0.462 e. The SMILES string of the molecule is O=C(OCCCN1CCOCC1)c1ccc(NS(=O)(=O)c2cc(-c3ccc4c(c3)OCO4)c(Cl)s2)cc1OC(=O)C(F)(F)F. The lowest BCUT2D eigenvalue weighted by atomic mass is 10.1. The van der Waals surface area contributed by atoms with Crippen LogP contribution in [0.4, 0.5) is 18.9 Å². The molecule has 0 atom stereocenters. The van der Waals surface area contributed by atoms with Gasteiger partial charge in [0.15, 0.2) is 11.5 Å². The number of benzene rings is 2. The Bertz CT molecular complexity index is 1660. The summed E-state index contributed by atoms with van der Waals surface area (Å²) in [5.41, 5.74) is 0.169. The number of morpholine rings is 1. The number of carbonyl (C=O) groups is 2. The molecule has 1 fully saturated rings. The van der Waals surface area contributed by atoms with Gasteiger partial charge < -0.3 is 23.7 Å². The van der Waals surface area contributed by atoms with Crippen LogP contribution in [0.3, 0.4) is 0 Å². The number of nitrogens with one attached hydrogen (secondary N) is 1. The Kier molecular flexibility index (Phi) is 9.55. The van der Waals surface area contributed by atoms with Gasteiger partial charge in [-0.1, -0.05) is 17.7 Å². The van der Waals surface area contributed by atoms with Crippen LogP contribution < -0.4 is 18.9 Å². The van der Waals surface area contributed by atoms with E-state index in [-0.39, 0.29) is 27.6 Å². The summed E-state index contributed by atoms with van der Waals surface area (Å²) in [4.78, 5) is 26.4. The zero-order chi connectivity index (χ0) is 31.5. The molecule has 1 saturated heterocycles. The van der Waals surface area contributed by atoms with Gasteiger partial charge >= 0.3 is 18.1 Å². The van der Waals surface area contributed by atoms with Crippen molar-refractivity contribution in [2.45, 2.75) is 16.8 Å². The van der Waals surface area contributed by atoms with E-state index in [1.54, 1.807) is 18.2 Å². The Labute approximate surface area is 258 Å². The summed E-state index contributed by atoms with van der Waals surface area (Å²) in [6, 6.07) is 9.20. The second kappa shape index (κ2) is 13.2. The molecule has 2 aliphatic heterocycles. The predicted molar refractivity (Wildman–Crippen MR) is 152 cm³/mol. The van der Waals surface area contributed by atoms with Gasteiger partial charge in [-0.2, -0.15) is 13.2 Å². The van der Waals surface area contributed by atoms with Crippen molar-refractivity contribution in [3.05, 3.63) is 52.4 Å². The van der Waals surface area contributed by atoms with Crippen LogP contribution in [0.25, 0.3) is 11.1 Å². The fraction of sp³-hybridized carbons (Fsp3) is 0.333. The van der Waals surface area contributed by atoms with Gasteiger partial charge in [0, 0.05) is 31.3 Å². The van der Waals surface area contributed by atoms with Crippen molar-refractivity contribution in [1.29, 1.82) is 0 Å². The number of nitrogens with zero attached hydrogens (tertiary/aromatic N) is 1. The minimum Gasteiger partial charge on any atom is -0.462 e. The Morgan fingerprint density at radius 3 is 2.55 bits per heavy atom. The average Bonchev–Trinajstić information content (AvgIpc) is 3.61. The highest BCUT2D eigenvalue weighted by atomic mass is 35.5. The van der Waals surface area contributed by atoms with Gasteiger partial charge in [-0.25, -0.2) is 18.0 Å². The summed E-state index contributed by atoms with van der Waals surface area (Å²) < 4.78 is 93.1. The molecule has 2 aromatic carbocycles. The standard InChI is InChI=1S/C27H24ClF3N2O9S2/c28-24-19(16-2-5-20-22(12-16)41-15-40-20)14-23(43-24)44(36,37)32-17-3-4-18(21(13-17)42-26(35)27(29,30)31)25(34)39-9-1-6-33-7-10-38-11-8-33/h2-5,12-14,32H,1,6-11,15H2. The van der Waals surface area contributed by atoms with Crippen LogP contribution in [-0.2, 0) is 24.3 Å². The highest BCUT2D eigenvalue weighted by Gasteiger charge is 2.42. The normalized spacial score (nSPS) is 15.2. The molecule has 0 saturated carbocycles. The van der Waals surface area contributed by atoms with Gasteiger partial charge in [0.2, 0.25) is 6.79 Å². The molecule has 17 heteroatoms. The average molecular weight is 677 g/mol. The van der Waals surface area contributed by atoms with Gasteiger partial charge in [0.1, 0.15) is 19.9 Å². The molecule has 2 aliphatic rings. The fourth-order valence-electron chi connectivity index (χ4n) is 4.30. The van der Waals surface area contributed by atoms with Gasteiger partial charge in [-0.3, -0.25) is 9.62 Å². The first-order chi connectivity index (χ1) is 20.9. The molecule has 3 heterocycles. The molecule has 0 bridgehead atoms. The maximum absolute atomic E-state index is 13.2. The van der Waals surface area contributed by atoms with Crippen molar-refractivity contribution in [3.8, 4) is 28.4 Å². The molecule has 1 aromatic heterocycles. The fourth-order valence-corrected chi connectivity index (χ4v) is 7.11. The Morgan fingerprint density at radius 1 is 1.05 bits per heavy atom. The minimum absolute atomic E-state index is 0.0470. The number of hydrogen-bond donors (Lipinski definition) is 1. The van der Waals surface area contributed by atoms with Crippen LogP contribution >= 0.6 is 22.9 Å². The van der Waals surface area contributed by atoms with Crippen molar-refractivity contribution in [3.63, 3.8) is 0 Å². The molecule has 0 aliphatic carbocycles. The number of rotatable bonds is 10. The molecule has 1 N–H and O–H groups in total. The monoisotopic (exact) mass is 676 g/mol. The zero-order valence-corrected chi connectivity index (χ0v) is 25.0. The number of ether oxygens (including phenoxy) is 5. The molecule has 0 unspecified atom stereocenters. The van der Waals surface area contributed by atoms with E-state index < -0.39 is 39.5 Å². The Balaban J connectivity index is 1.32. The number of hydrogen-bond acceptors (Lipinski definition) is 11. The molecule has 3 aromatic rings. The van der Waals surface area contributed by atoms with Gasteiger partial charge in [0.25, 0.3) is 10.0 Å². The first-order valence-corrected chi connectivity index (χ1v) is 15.7. The van der Waals surface area contributed by atoms with E-state index >= 15 is 0 Å². The third-order valence-corrected chi connectivity index (χ3v) is 9.67. The molecule has 0 amide bonds. The minimum atomic E-state index is -5.38. The van der Waals surface area contributed by atoms with Crippen LogP contribution in [0.5, 0.6) is 17.2 Å². The van der Waals surface area contributed by atoms with E-state index in [2.05, 4.69) is 14.4 Å². The molecule has 44 heavy (non-hydrogen) atoms. The number of anilines is 1. The van der Waals surface area contributed by atoms with E-state index in [1.807, 2.05) is 0 Å². The molecular weight excluding hydrogens is 653 g/mol. The number of halogens is 4. The lowest BCUT2D eigenvalue weighted by Crippen LogP contribution is -2.37. The van der Waals surface area contributed by atoms with Crippen LogP contribution in [0.1, 0.15) is 16.8 Å². The second-order valence-corrected chi connectivity index (χ2v) is 13.0. The summed E-state index contributed by atoms with van der Waals surface area (Å²) in [5, 5.41) is 0. The van der Waals surface area contributed by atoms with Crippen molar-refractivity contribution >= 4 is 50.6 Å².